The summed E-state index contributed by atoms with van der Waals surface area (Å²) >= 11 is 0. The van der Waals surface area contributed by atoms with E-state index in [0.717, 1.165) is 25.6 Å². The summed E-state index contributed by atoms with van der Waals surface area (Å²) in [7, 11) is -3.77. The minimum absolute atomic E-state index is 0.0507. The standard InChI is InChI=1S/C14H24N4O2S/c1-11-4-7-18(8-5-11)9-6-17-13-3-2-12(15)10-14(13)21(16,19)20/h2-3,10-11,17H,4-9,15H2,1H3,(H2,16,19,20). The second-order valence-electron chi connectivity index (χ2n) is 5.75. The number of primary sulfonamides is 1. The molecule has 21 heavy (non-hydrogen) atoms. The molecule has 0 unspecified atom stereocenters. The maximum absolute atomic E-state index is 11.6. The van der Waals surface area contributed by atoms with Gasteiger partial charge in [-0.2, -0.15) is 0 Å². The fourth-order valence-electron chi connectivity index (χ4n) is 2.55. The van der Waals surface area contributed by atoms with Gasteiger partial charge in [-0.3, -0.25) is 0 Å². The molecular weight excluding hydrogens is 288 g/mol. The molecule has 118 valence electrons. The van der Waals surface area contributed by atoms with E-state index in [1.165, 1.54) is 18.9 Å². The van der Waals surface area contributed by atoms with Gasteiger partial charge in [0.05, 0.1) is 5.69 Å². The number of rotatable bonds is 5. The van der Waals surface area contributed by atoms with Crippen LogP contribution in [-0.2, 0) is 10.0 Å². The molecule has 1 saturated heterocycles. The molecule has 0 atom stereocenters. The van der Waals surface area contributed by atoms with Crippen LogP contribution in [-0.4, -0.2) is 39.5 Å². The van der Waals surface area contributed by atoms with Gasteiger partial charge in [-0.15, -0.1) is 0 Å². The summed E-state index contributed by atoms with van der Waals surface area (Å²) < 4.78 is 23.2. The second kappa shape index (κ2) is 6.64. The van der Waals surface area contributed by atoms with E-state index in [9.17, 15) is 8.42 Å². The molecule has 0 aromatic heterocycles. The molecule has 0 amide bonds. The molecule has 1 aliphatic rings. The largest absolute Gasteiger partial charge is 0.399 e. The zero-order valence-electron chi connectivity index (χ0n) is 12.4. The van der Waals surface area contributed by atoms with Crippen LogP contribution in [0.15, 0.2) is 23.1 Å². The average molecular weight is 312 g/mol. The lowest BCUT2D eigenvalue weighted by molar-refractivity contribution is 0.199. The molecule has 1 aromatic rings. The van der Waals surface area contributed by atoms with Crippen LogP contribution in [0.5, 0.6) is 0 Å². The van der Waals surface area contributed by atoms with Gasteiger partial charge in [0.15, 0.2) is 0 Å². The van der Waals surface area contributed by atoms with Gasteiger partial charge in [0.2, 0.25) is 10.0 Å². The number of benzene rings is 1. The highest BCUT2D eigenvalue weighted by atomic mass is 32.2. The highest BCUT2D eigenvalue weighted by molar-refractivity contribution is 7.89. The van der Waals surface area contributed by atoms with Crippen molar-refractivity contribution in [2.45, 2.75) is 24.7 Å². The molecule has 2 rings (SSSR count). The first-order chi connectivity index (χ1) is 9.86. The summed E-state index contributed by atoms with van der Waals surface area (Å²) in [6, 6.07) is 4.72. The van der Waals surface area contributed by atoms with Crippen LogP contribution < -0.4 is 16.2 Å². The predicted molar refractivity (Wildman–Crippen MR) is 85.6 cm³/mol. The highest BCUT2D eigenvalue weighted by Crippen LogP contribution is 2.22. The highest BCUT2D eigenvalue weighted by Gasteiger charge is 2.16. The van der Waals surface area contributed by atoms with Gasteiger partial charge >= 0.3 is 0 Å². The third-order valence-electron chi connectivity index (χ3n) is 3.93. The number of nitrogens with zero attached hydrogens (tertiary/aromatic N) is 1. The zero-order valence-corrected chi connectivity index (χ0v) is 13.2. The van der Waals surface area contributed by atoms with Crippen LogP contribution in [0.2, 0.25) is 0 Å². The number of hydrogen-bond acceptors (Lipinski definition) is 5. The van der Waals surface area contributed by atoms with Crippen molar-refractivity contribution in [2.24, 2.45) is 11.1 Å². The summed E-state index contributed by atoms with van der Waals surface area (Å²) in [4.78, 5) is 2.44. The van der Waals surface area contributed by atoms with Crippen molar-refractivity contribution in [3.8, 4) is 0 Å². The van der Waals surface area contributed by atoms with Crippen molar-refractivity contribution < 1.29 is 8.42 Å². The SMILES string of the molecule is CC1CCN(CCNc2ccc(N)cc2S(N)(=O)=O)CC1. The minimum atomic E-state index is -3.77. The Morgan fingerprint density at radius 3 is 2.62 bits per heavy atom. The second-order valence-corrected chi connectivity index (χ2v) is 7.28. The lowest BCUT2D eigenvalue weighted by Crippen LogP contribution is -2.36. The van der Waals surface area contributed by atoms with Crippen molar-refractivity contribution in [1.82, 2.24) is 4.90 Å². The van der Waals surface area contributed by atoms with E-state index >= 15 is 0 Å². The van der Waals surface area contributed by atoms with Crippen LogP contribution in [0, 0.1) is 5.92 Å². The Kier molecular flexibility index (Phi) is 5.08. The lowest BCUT2D eigenvalue weighted by Gasteiger charge is -2.30. The molecule has 0 spiro atoms. The number of likely N-dealkylation sites (tertiary alicyclic amines) is 1. The summed E-state index contributed by atoms with van der Waals surface area (Å²) in [6.45, 7) is 6.06. The number of nitrogens with one attached hydrogen (secondary N) is 1. The summed E-state index contributed by atoms with van der Waals surface area (Å²) in [5.41, 5.74) is 6.52. The lowest BCUT2D eigenvalue weighted by atomic mass is 9.99. The van der Waals surface area contributed by atoms with E-state index in [0.29, 0.717) is 17.9 Å². The van der Waals surface area contributed by atoms with Gasteiger partial charge in [-0.05, 0) is 50.0 Å². The summed E-state index contributed by atoms with van der Waals surface area (Å²) in [5, 5.41) is 8.37. The molecular formula is C14H24N4O2S. The fourth-order valence-corrected chi connectivity index (χ4v) is 3.30. The Morgan fingerprint density at radius 1 is 1.33 bits per heavy atom. The van der Waals surface area contributed by atoms with E-state index in [2.05, 4.69) is 17.1 Å². The molecule has 0 saturated carbocycles. The van der Waals surface area contributed by atoms with Crippen LogP contribution in [0.25, 0.3) is 0 Å². The molecule has 5 N–H and O–H groups in total. The van der Waals surface area contributed by atoms with Crippen molar-refractivity contribution in [3.05, 3.63) is 18.2 Å². The van der Waals surface area contributed by atoms with Crippen LogP contribution in [0.4, 0.5) is 11.4 Å². The first kappa shape index (κ1) is 16.1. The minimum Gasteiger partial charge on any atom is -0.399 e. The van der Waals surface area contributed by atoms with Crippen LogP contribution in [0.1, 0.15) is 19.8 Å². The molecule has 7 heteroatoms. The number of nitrogen functional groups attached to an aromatic ring is 1. The fraction of sp³-hybridized carbons (Fsp3) is 0.571. The summed E-state index contributed by atoms with van der Waals surface area (Å²) in [6.07, 6.45) is 2.45. The summed E-state index contributed by atoms with van der Waals surface area (Å²) in [5.74, 6) is 0.806. The van der Waals surface area contributed by atoms with E-state index in [4.69, 9.17) is 10.9 Å². The van der Waals surface area contributed by atoms with E-state index in [-0.39, 0.29) is 4.90 Å². The van der Waals surface area contributed by atoms with Crippen molar-refractivity contribution in [2.75, 3.05) is 37.2 Å². The van der Waals surface area contributed by atoms with Gasteiger partial charge in [0, 0.05) is 18.8 Å². The Hall–Kier alpha value is -1.31. The first-order valence-corrected chi connectivity index (χ1v) is 8.79. The molecule has 1 heterocycles. The number of piperidine rings is 1. The van der Waals surface area contributed by atoms with E-state index in [1.54, 1.807) is 12.1 Å². The maximum Gasteiger partial charge on any atom is 0.240 e. The van der Waals surface area contributed by atoms with Crippen LogP contribution in [0.3, 0.4) is 0 Å². The number of sulfonamides is 1. The van der Waals surface area contributed by atoms with Gasteiger partial charge in [-0.1, -0.05) is 6.92 Å². The van der Waals surface area contributed by atoms with Crippen molar-refractivity contribution >= 4 is 21.4 Å². The maximum atomic E-state index is 11.6. The van der Waals surface area contributed by atoms with E-state index in [1.807, 2.05) is 0 Å². The molecule has 0 bridgehead atoms. The third kappa shape index (κ3) is 4.59. The quantitative estimate of drug-likeness (QED) is 0.706. The molecule has 0 radical (unpaired) electrons. The predicted octanol–water partition coefficient (Wildman–Crippen LogP) is 1.06. The molecule has 0 aliphatic carbocycles. The van der Waals surface area contributed by atoms with Crippen molar-refractivity contribution in [3.63, 3.8) is 0 Å². The Balaban J connectivity index is 1.94. The van der Waals surface area contributed by atoms with Crippen LogP contribution >= 0.6 is 0 Å². The number of nitrogens with two attached hydrogens (primary N) is 2. The zero-order chi connectivity index (χ0) is 15.5. The monoisotopic (exact) mass is 312 g/mol. The number of anilines is 2. The molecule has 1 aromatic carbocycles. The Morgan fingerprint density at radius 2 is 2.00 bits per heavy atom. The molecule has 1 fully saturated rings. The van der Waals surface area contributed by atoms with E-state index < -0.39 is 10.0 Å². The molecule has 6 nitrogen and oxygen atoms in total. The van der Waals surface area contributed by atoms with Crippen molar-refractivity contribution in [1.29, 1.82) is 0 Å². The van der Waals surface area contributed by atoms with Gasteiger partial charge in [0.1, 0.15) is 4.90 Å². The van der Waals surface area contributed by atoms with Gasteiger partial charge in [-0.25, -0.2) is 13.6 Å². The average Bonchev–Trinajstić information content (AvgIpc) is 2.41. The molecule has 1 aliphatic heterocycles. The Labute approximate surface area is 126 Å². The van der Waals surface area contributed by atoms with Gasteiger partial charge < -0.3 is 16.0 Å². The Bertz CT molecular complexity index is 581. The smallest absolute Gasteiger partial charge is 0.240 e. The normalized spacial score (nSPS) is 17.8. The number of hydrogen-bond donors (Lipinski definition) is 3. The topological polar surface area (TPSA) is 101 Å². The van der Waals surface area contributed by atoms with Gasteiger partial charge in [0.25, 0.3) is 0 Å². The third-order valence-corrected chi connectivity index (χ3v) is 4.88. The first-order valence-electron chi connectivity index (χ1n) is 7.25.